The molecular weight excluding hydrogens is 222 g/mol. The van der Waals surface area contributed by atoms with E-state index >= 15 is 0 Å². The topological polar surface area (TPSA) is 21.3 Å². The minimum absolute atomic E-state index is 0.308. The minimum Gasteiger partial charge on any atom is -0.370 e. The molecule has 2 atom stereocenters. The molecule has 2 saturated carbocycles. The highest BCUT2D eigenvalue weighted by molar-refractivity contribution is 4.93. The van der Waals surface area contributed by atoms with E-state index in [1.807, 2.05) is 0 Å². The van der Waals surface area contributed by atoms with Crippen LogP contribution in [-0.2, 0) is 4.74 Å². The molecule has 2 heteroatoms. The highest BCUT2D eigenvalue weighted by atomic mass is 16.5. The van der Waals surface area contributed by atoms with E-state index in [9.17, 15) is 0 Å². The van der Waals surface area contributed by atoms with Crippen molar-refractivity contribution in [1.82, 2.24) is 5.32 Å². The van der Waals surface area contributed by atoms with E-state index in [1.165, 1.54) is 64.2 Å². The Morgan fingerprint density at radius 3 is 2.50 bits per heavy atom. The molecule has 1 heterocycles. The fourth-order valence-corrected chi connectivity index (χ4v) is 4.37. The molecule has 1 saturated heterocycles. The van der Waals surface area contributed by atoms with Crippen molar-refractivity contribution in [1.29, 1.82) is 0 Å². The second-order valence-corrected chi connectivity index (χ2v) is 6.91. The quantitative estimate of drug-likeness (QED) is 0.823. The van der Waals surface area contributed by atoms with Crippen LogP contribution >= 0.6 is 0 Å². The van der Waals surface area contributed by atoms with Gasteiger partial charge >= 0.3 is 0 Å². The van der Waals surface area contributed by atoms with E-state index in [-0.39, 0.29) is 0 Å². The molecule has 1 unspecified atom stereocenters. The molecular formula is C16H29NO. The first-order chi connectivity index (χ1) is 8.77. The molecule has 3 aliphatic rings. The maximum atomic E-state index is 6.36. The van der Waals surface area contributed by atoms with Crippen LogP contribution in [0.15, 0.2) is 0 Å². The van der Waals surface area contributed by atoms with E-state index in [4.69, 9.17) is 4.74 Å². The Morgan fingerprint density at radius 2 is 1.78 bits per heavy atom. The lowest BCUT2D eigenvalue weighted by Crippen LogP contribution is -2.38. The van der Waals surface area contributed by atoms with E-state index < -0.39 is 0 Å². The summed E-state index contributed by atoms with van der Waals surface area (Å²) in [5, 5.41) is 3.75. The van der Waals surface area contributed by atoms with E-state index in [2.05, 4.69) is 12.2 Å². The largest absolute Gasteiger partial charge is 0.370 e. The van der Waals surface area contributed by atoms with E-state index in [0.29, 0.717) is 17.7 Å². The summed E-state index contributed by atoms with van der Waals surface area (Å²) in [6.45, 7) is 3.45. The normalized spacial score (nSPS) is 33.5. The molecule has 0 bridgehead atoms. The SMILES string of the molecule is C[C@H](NCC1CCC2(CCCC2)O1)C1CCCC1. The molecule has 3 fully saturated rings. The zero-order valence-corrected chi connectivity index (χ0v) is 11.9. The Bertz CT molecular complexity index is 266. The van der Waals surface area contributed by atoms with Crippen molar-refractivity contribution in [2.45, 2.75) is 88.9 Å². The monoisotopic (exact) mass is 251 g/mol. The van der Waals surface area contributed by atoms with Gasteiger partial charge in [0.25, 0.3) is 0 Å². The van der Waals surface area contributed by atoms with Gasteiger partial charge in [-0.2, -0.15) is 0 Å². The highest BCUT2D eigenvalue weighted by Gasteiger charge is 2.42. The van der Waals surface area contributed by atoms with Gasteiger partial charge in [0.15, 0.2) is 0 Å². The van der Waals surface area contributed by atoms with Crippen molar-refractivity contribution in [3.8, 4) is 0 Å². The molecule has 2 aliphatic carbocycles. The van der Waals surface area contributed by atoms with Crippen LogP contribution in [0.25, 0.3) is 0 Å². The number of ether oxygens (including phenoxy) is 1. The first-order valence-corrected chi connectivity index (χ1v) is 8.19. The molecule has 0 aromatic rings. The van der Waals surface area contributed by atoms with Crippen LogP contribution < -0.4 is 5.32 Å². The summed E-state index contributed by atoms with van der Waals surface area (Å²) in [5.74, 6) is 0.923. The fourth-order valence-electron chi connectivity index (χ4n) is 4.37. The van der Waals surface area contributed by atoms with Crippen molar-refractivity contribution in [2.24, 2.45) is 5.92 Å². The number of hydrogen-bond acceptors (Lipinski definition) is 2. The molecule has 104 valence electrons. The summed E-state index contributed by atoms with van der Waals surface area (Å²) >= 11 is 0. The van der Waals surface area contributed by atoms with Gasteiger partial charge in [-0.3, -0.25) is 0 Å². The number of hydrogen-bond donors (Lipinski definition) is 1. The molecule has 0 aromatic heterocycles. The van der Waals surface area contributed by atoms with Crippen molar-refractivity contribution < 1.29 is 4.74 Å². The Morgan fingerprint density at radius 1 is 1.06 bits per heavy atom. The van der Waals surface area contributed by atoms with Crippen molar-refractivity contribution in [3.05, 3.63) is 0 Å². The van der Waals surface area contributed by atoms with Crippen molar-refractivity contribution in [3.63, 3.8) is 0 Å². The third-order valence-corrected chi connectivity index (χ3v) is 5.63. The summed E-state index contributed by atoms with van der Waals surface area (Å²) in [4.78, 5) is 0. The Labute approximate surface area is 112 Å². The van der Waals surface area contributed by atoms with Gasteiger partial charge in [0, 0.05) is 12.6 Å². The van der Waals surface area contributed by atoms with E-state index in [0.717, 1.165) is 12.5 Å². The first kappa shape index (κ1) is 12.9. The smallest absolute Gasteiger partial charge is 0.0708 e. The molecule has 18 heavy (non-hydrogen) atoms. The van der Waals surface area contributed by atoms with Crippen LogP contribution in [-0.4, -0.2) is 24.3 Å². The van der Waals surface area contributed by atoms with Gasteiger partial charge in [-0.1, -0.05) is 25.7 Å². The van der Waals surface area contributed by atoms with Gasteiger partial charge < -0.3 is 10.1 Å². The van der Waals surface area contributed by atoms with Crippen LogP contribution in [0.3, 0.4) is 0 Å². The van der Waals surface area contributed by atoms with Crippen LogP contribution in [0, 0.1) is 5.92 Å². The third-order valence-electron chi connectivity index (χ3n) is 5.63. The van der Waals surface area contributed by atoms with Gasteiger partial charge in [-0.15, -0.1) is 0 Å². The lowest BCUT2D eigenvalue weighted by molar-refractivity contribution is -0.0362. The molecule has 0 aromatic carbocycles. The number of rotatable bonds is 4. The van der Waals surface area contributed by atoms with Gasteiger partial charge in [0.2, 0.25) is 0 Å². The van der Waals surface area contributed by atoms with Gasteiger partial charge in [-0.05, 0) is 51.4 Å². The summed E-state index contributed by atoms with van der Waals surface area (Å²) in [6.07, 6.45) is 14.3. The summed E-state index contributed by atoms with van der Waals surface area (Å²) < 4.78 is 6.36. The van der Waals surface area contributed by atoms with Crippen LogP contribution in [0.2, 0.25) is 0 Å². The molecule has 1 N–H and O–H groups in total. The van der Waals surface area contributed by atoms with Crippen LogP contribution in [0.4, 0.5) is 0 Å². The predicted molar refractivity (Wildman–Crippen MR) is 74.7 cm³/mol. The molecule has 0 radical (unpaired) electrons. The maximum absolute atomic E-state index is 6.36. The molecule has 0 amide bonds. The fraction of sp³-hybridized carbons (Fsp3) is 1.00. The maximum Gasteiger partial charge on any atom is 0.0708 e. The summed E-state index contributed by atoms with van der Waals surface area (Å²) in [6, 6.07) is 0.691. The standard InChI is InChI=1S/C16H29NO/c1-13(14-6-2-3-7-14)17-12-15-8-11-16(18-15)9-4-5-10-16/h13-15,17H,2-12H2,1H3/t13-,15?/m0/s1. The van der Waals surface area contributed by atoms with Crippen LogP contribution in [0.1, 0.15) is 71.1 Å². The lowest BCUT2D eigenvalue weighted by Gasteiger charge is -2.26. The first-order valence-electron chi connectivity index (χ1n) is 8.19. The van der Waals surface area contributed by atoms with Crippen LogP contribution in [0.5, 0.6) is 0 Å². The lowest BCUT2D eigenvalue weighted by atomic mass is 9.98. The minimum atomic E-state index is 0.308. The molecule has 2 nitrogen and oxygen atoms in total. The molecule has 1 spiro atoms. The Hall–Kier alpha value is -0.0800. The summed E-state index contributed by atoms with van der Waals surface area (Å²) in [7, 11) is 0. The third kappa shape index (κ3) is 2.75. The average molecular weight is 251 g/mol. The zero-order valence-electron chi connectivity index (χ0n) is 11.9. The highest BCUT2D eigenvalue weighted by Crippen LogP contribution is 2.43. The van der Waals surface area contributed by atoms with Gasteiger partial charge in [-0.25, -0.2) is 0 Å². The second-order valence-electron chi connectivity index (χ2n) is 6.91. The Kier molecular flexibility index (Phi) is 3.95. The van der Waals surface area contributed by atoms with Gasteiger partial charge in [0.1, 0.15) is 0 Å². The molecule has 3 rings (SSSR count). The summed E-state index contributed by atoms with van der Waals surface area (Å²) in [5.41, 5.74) is 0.308. The molecule has 1 aliphatic heterocycles. The second kappa shape index (κ2) is 5.50. The van der Waals surface area contributed by atoms with Gasteiger partial charge in [0.05, 0.1) is 11.7 Å². The Balaban J connectivity index is 1.41. The number of nitrogens with one attached hydrogen (secondary N) is 1. The average Bonchev–Trinajstić information content (AvgIpc) is 3.09. The zero-order chi connectivity index (χ0) is 12.4. The van der Waals surface area contributed by atoms with E-state index in [1.54, 1.807) is 0 Å². The van der Waals surface area contributed by atoms with Crippen molar-refractivity contribution >= 4 is 0 Å². The van der Waals surface area contributed by atoms with Crippen molar-refractivity contribution in [2.75, 3.05) is 6.54 Å². The predicted octanol–water partition coefficient (Wildman–Crippen LogP) is 3.65.